The molecule has 2 rings (SSSR count). The summed E-state index contributed by atoms with van der Waals surface area (Å²) in [6.07, 6.45) is 2.71. The third kappa shape index (κ3) is 3.67. The van der Waals surface area contributed by atoms with Crippen LogP contribution in [0.15, 0.2) is 29.4 Å². The van der Waals surface area contributed by atoms with E-state index in [1.165, 1.54) is 0 Å². The normalized spacial score (nSPS) is 12.3. The summed E-state index contributed by atoms with van der Waals surface area (Å²) in [6, 6.07) is 5.84. The molecule has 0 amide bonds. The van der Waals surface area contributed by atoms with Crippen LogP contribution in [0.2, 0.25) is 0 Å². The molecule has 0 saturated carbocycles. The molecule has 19 heavy (non-hydrogen) atoms. The number of nitrogens with two attached hydrogens (primary N) is 1. The van der Waals surface area contributed by atoms with E-state index in [1.807, 2.05) is 28.8 Å². The molecule has 0 bridgehead atoms. The Morgan fingerprint density at radius 2 is 2.26 bits per heavy atom. The third-order valence-corrected chi connectivity index (χ3v) is 2.67. The van der Waals surface area contributed by atoms with Crippen molar-refractivity contribution < 1.29 is 0 Å². The smallest absolute Gasteiger partial charge is 0.188 e. The summed E-state index contributed by atoms with van der Waals surface area (Å²) in [7, 11) is 0. The monoisotopic (exact) mass is 260 g/mol. The van der Waals surface area contributed by atoms with Crippen LogP contribution < -0.4 is 11.1 Å². The molecule has 6 heteroatoms. The topological polar surface area (TPSA) is 80.6 Å². The van der Waals surface area contributed by atoms with E-state index in [9.17, 15) is 0 Å². The van der Waals surface area contributed by atoms with Gasteiger partial charge in [0.2, 0.25) is 0 Å². The minimum absolute atomic E-state index is 0.488. The molecule has 2 aromatic rings. The van der Waals surface area contributed by atoms with Crippen molar-refractivity contribution in [1.82, 2.24) is 19.9 Å². The second-order valence-electron chi connectivity index (χ2n) is 4.84. The van der Waals surface area contributed by atoms with Crippen LogP contribution in [0.25, 0.3) is 5.65 Å². The first kappa shape index (κ1) is 13.3. The maximum atomic E-state index is 5.77. The van der Waals surface area contributed by atoms with Gasteiger partial charge in [-0.3, -0.25) is 9.39 Å². The quantitative estimate of drug-likeness (QED) is 0.616. The predicted molar refractivity (Wildman–Crippen MR) is 76.0 cm³/mol. The van der Waals surface area contributed by atoms with Gasteiger partial charge in [0, 0.05) is 25.7 Å². The molecule has 0 spiro atoms. The van der Waals surface area contributed by atoms with E-state index in [0.717, 1.165) is 24.4 Å². The summed E-state index contributed by atoms with van der Waals surface area (Å²) >= 11 is 0. The van der Waals surface area contributed by atoms with E-state index >= 15 is 0 Å². The Bertz CT molecular complexity index is 557. The lowest BCUT2D eigenvalue weighted by molar-refractivity contribution is 0.660. The maximum Gasteiger partial charge on any atom is 0.188 e. The molecule has 2 heterocycles. The molecule has 0 atom stereocenters. The van der Waals surface area contributed by atoms with Crippen molar-refractivity contribution in [3.63, 3.8) is 0 Å². The molecule has 0 aliphatic carbocycles. The van der Waals surface area contributed by atoms with Crippen LogP contribution in [0.4, 0.5) is 0 Å². The Balaban J connectivity index is 1.87. The van der Waals surface area contributed by atoms with Gasteiger partial charge in [-0.25, -0.2) is 0 Å². The maximum absolute atomic E-state index is 5.77. The lowest BCUT2D eigenvalue weighted by Gasteiger charge is -2.06. The SMILES string of the molecule is CC(C)CN=C(N)NCCc1nnc2ccccn12. The molecule has 0 aromatic carbocycles. The van der Waals surface area contributed by atoms with Crippen molar-refractivity contribution in [3.8, 4) is 0 Å². The highest BCUT2D eigenvalue weighted by Gasteiger charge is 2.03. The fraction of sp³-hybridized carbons (Fsp3) is 0.462. The Morgan fingerprint density at radius 3 is 3.05 bits per heavy atom. The Kier molecular flexibility index (Phi) is 4.33. The van der Waals surface area contributed by atoms with Crippen LogP contribution in [-0.2, 0) is 6.42 Å². The van der Waals surface area contributed by atoms with Crippen molar-refractivity contribution in [1.29, 1.82) is 0 Å². The number of fused-ring (bicyclic) bond motifs is 1. The molecule has 0 aliphatic rings. The van der Waals surface area contributed by atoms with Crippen molar-refractivity contribution in [2.75, 3.05) is 13.1 Å². The van der Waals surface area contributed by atoms with Crippen LogP contribution in [0.3, 0.4) is 0 Å². The summed E-state index contributed by atoms with van der Waals surface area (Å²) in [4.78, 5) is 4.25. The zero-order chi connectivity index (χ0) is 13.7. The first-order valence-corrected chi connectivity index (χ1v) is 6.49. The average Bonchev–Trinajstić information content (AvgIpc) is 2.80. The molecular formula is C13H20N6. The summed E-state index contributed by atoms with van der Waals surface area (Å²) < 4.78 is 1.98. The summed E-state index contributed by atoms with van der Waals surface area (Å²) in [6.45, 7) is 5.66. The lowest BCUT2D eigenvalue weighted by atomic mass is 10.2. The van der Waals surface area contributed by atoms with Gasteiger partial charge in [-0.05, 0) is 18.1 Å². The minimum Gasteiger partial charge on any atom is -0.370 e. The van der Waals surface area contributed by atoms with Gasteiger partial charge < -0.3 is 11.1 Å². The van der Waals surface area contributed by atoms with Gasteiger partial charge in [-0.15, -0.1) is 10.2 Å². The highest BCUT2D eigenvalue weighted by Crippen LogP contribution is 2.02. The molecule has 0 radical (unpaired) electrons. The highest BCUT2D eigenvalue weighted by molar-refractivity contribution is 5.77. The molecular weight excluding hydrogens is 240 g/mol. The van der Waals surface area contributed by atoms with Gasteiger partial charge in [-0.2, -0.15) is 0 Å². The predicted octanol–water partition coefficient (Wildman–Crippen LogP) is 0.832. The van der Waals surface area contributed by atoms with Crippen molar-refractivity contribution in [2.45, 2.75) is 20.3 Å². The first-order chi connectivity index (χ1) is 9.16. The van der Waals surface area contributed by atoms with Crippen LogP contribution >= 0.6 is 0 Å². The van der Waals surface area contributed by atoms with Crippen LogP contribution in [-0.4, -0.2) is 33.6 Å². The molecule has 0 saturated heterocycles. The van der Waals surface area contributed by atoms with E-state index in [-0.39, 0.29) is 0 Å². The van der Waals surface area contributed by atoms with Gasteiger partial charge >= 0.3 is 0 Å². The lowest BCUT2D eigenvalue weighted by Crippen LogP contribution is -2.33. The Labute approximate surface area is 112 Å². The van der Waals surface area contributed by atoms with Gasteiger partial charge in [0.25, 0.3) is 0 Å². The summed E-state index contributed by atoms with van der Waals surface area (Å²) in [5.41, 5.74) is 6.63. The first-order valence-electron chi connectivity index (χ1n) is 6.49. The molecule has 102 valence electrons. The number of nitrogens with one attached hydrogen (secondary N) is 1. The summed E-state index contributed by atoms with van der Waals surface area (Å²) in [5, 5.41) is 11.3. The van der Waals surface area contributed by atoms with Gasteiger partial charge in [-0.1, -0.05) is 19.9 Å². The number of aromatic nitrogens is 3. The molecule has 0 fully saturated rings. The number of guanidine groups is 1. The molecule has 0 aliphatic heterocycles. The van der Waals surface area contributed by atoms with Crippen molar-refractivity contribution in [2.24, 2.45) is 16.6 Å². The minimum atomic E-state index is 0.488. The molecule has 3 N–H and O–H groups in total. The Hall–Kier alpha value is -2.11. The number of hydrogen-bond donors (Lipinski definition) is 2. The van der Waals surface area contributed by atoms with Crippen LogP contribution in [0, 0.1) is 5.92 Å². The zero-order valence-electron chi connectivity index (χ0n) is 11.4. The zero-order valence-corrected chi connectivity index (χ0v) is 11.4. The summed E-state index contributed by atoms with van der Waals surface area (Å²) in [5.74, 6) is 1.92. The van der Waals surface area contributed by atoms with Gasteiger partial charge in [0.05, 0.1) is 0 Å². The van der Waals surface area contributed by atoms with Gasteiger partial charge in [0.1, 0.15) is 5.82 Å². The highest BCUT2D eigenvalue weighted by atomic mass is 15.2. The number of hydrogen-bond acceptors (Lipinski definition) is 3. The molecule has 0 unspecified atom stereocenters. The van der Waals surface area contributed by atoms with E-state index in [2.05, 4.69) is 34.4 Å². The third-order valence-electron chi connectivity index (χ3n) is 2.67. The Morgan fingerprint density at radius 1 is 1.42 bits per heavy atom. The number of aliphatic imine (C=N–C) groups is 1. The van der Waals surface area contributed by atoms with E-state index in [4.69, 9.17) is 5.73 Å². The standard InChI is InChI=1S/C13H20N6/c1-10(2)9-16-13(14)15-7-6-12-18-17-11-5-3-4-8-19(11)12/h3-5,8,10H,6-7,9H2,1-2H3,(H3,14,15,16). The second-order valence-corrected chi connectivity index (χ2v) is 4.84. The number of nitrogens with zero attached hydrogens (tertiary/aromatic N) is 4. The van der Waals surface area contributed by atoms with Crippen LogP contribution in [0.5, 0.6) is 0 Å². The largest absolute Gasteiger partial charge is 0.370 e. The molecule has 2 aromatic heterocycles. The number of rotatable bonds is 5. The van der Waals surface area contributed by atoms with E-state index in [1.54, 1.807) is 0 Å². The van der Waals surface area contributed by atoms with E-state index < -0.39 is 0 Å². The number of pyridine rings is 1. The van der Waals surface area contributed by atoms with Crippen molar-refractivity contribution >= 4 is 11.6 Å². The second kappa shape index (κ2) is 6.17. The van der Waals surface area contributed by atoms with Gasteiger partial charge in [0.15, 0.2) is 11.6 Å². The van der Waals surface area contributed by atoms with Crippen molar-refractivity contribution in [3.05, 3.63) is 30.2 Å². The molecule has 6 nitrogen and oxygen atoms in total. The fourth-order valence-electron chi connectivity index (χ4n) is 1.70. The van der Waals surface area contributed by atoms with Crippen LogP contribution in [0.1, 0.15) is 19.7 Å². The average molecular weight is 260 g/mol. The van der Waals surface area contributed by atoms with E-state index in [0.29, 0.717) is 18.4 Å². The fourth-order valence-corrected chi connectivity index (χ4v) is 1.70.